The molecule has 0 saturated carbocycles. The molecule has 3 rings (SSSR count). The normalized spacial score (nSPS) is 10.0. The van der Waals surface area contributed by atoms with E-state index >= 15 is 0 Å². The number of pyridine rings is 2. The lowest BCUT2D eigenvalue weighted by molar-refractivity contribution is 0.0702. The predicted molar refractivity (Wildman–Crippen MR) is 76.8 cm³/mol. The second-order valence-electron chi connectivity index (χ2n) is 3.98. The summed E-state index contributed by atoms with van der Waals surface area (Å²) in [6, 6.07) is 7.14. The Labute approximate surface area is 118 Å². The van der Waals surface area contributed by atoms with Crippen molar-refractivity contribution in [1.29, 1.82) is 0 Å². The summed E-state index contributed by atoms with van der Waals surface area (Å²) in [5.74, 6) is 5.01. The Morgan fingerprint density at radius 3 is 2.90 bits per heavy atom. The minimum absolute atomic E-state index is 0.286. The number of nitrogens with zero attached hydrogens (tertiary/aromatic N) is 2. The van der Waals surface area contributed by atoms with E-state index in [2.05, 4.69) is 21.8 Å². The topological polar surface area (TPSA) is 63.1 Å². The smallest absolute Gasteiger partial charge is 0.345 e. The van der Waals surface area contributed by atoms with Gasteiger partial charge in [0.25, 0.3) is 0 Å². The van der Waals surface area contributed by atoms with Crippen LogP contribution in [-0.2, 0) is 0 Å². The monoisotopic (exact) mass is 280 g/mol. The summed E-state index contributed by atoms with van der Waals surface area (Å²) in [4.78, 5) is 19.5. The molecule has 0 spiro atoms. The first-order valence-electron chi connectivity index (χ1n) is 5.78. The van der Waals surface area contributed by atoms with Crippen LogP contribution < -0.4 is 0 Å². The van der Waals surface area contributed by atoms with Crippen LogP contribution in [-0.4, -0.2) is 21.0 Å². The number of thiophene rings is 1. The van der Waals surface area contributed by atoms with Gasteiger partial charge in [0.2, 0.25) is 0 Å². The molecule has 0 aliphatic heterocycles. The Kier molecular flexibility index (Phi) is 3.15. The molecular weight excluding hydrogens is 272 g/mol. The Bertz CT molecular complexity index is 844. The van der Waals surface area contributed by atoms with E-state index in [-0.39, 0.29) is 4.88 Å². The molecule has 3 aromatic rings. The van der Waals surface area contributed by atoms with Crippen molar-refractivity contribution in [2.45, 2.75) is 0 Å². The van der Waals surface area contributed by atoms with Gasteiger partial charge in [0, 0.05) is 24.0 Å². The van der Waals surface area contributed by atoms with Gasteiger partial charge < -0.3 is 5.11 Å². The lowest BCUT2D eigenvalue weighted by atomic mass is 10.2. The lowest BCUT2D eigenvalue weighted by Gasteiger charge is -1.92. The van der Waals surface area contributed by atoms with Crippen LogP contribution in [0.3, 0.4) is 0 Å². The van der Waals surface area contributed by atoms with Crippen LogP contribution in [0.1, 0.15) is 20.9 Å². The molecule has 0 atom stereocenters. The number of carboxylic acid groups (broad SMARTS) is 1. The molecule has 0 bridgehead atoms. The van der Waals surface area contributed by atoms with Gasteiger partial charge >= 0.3 is 5.97 Å². The van der Waals surface area contributed by atoms with Gasteiger partial charge in [-0.15, -0.1) is 11.3 Å². The Hall–Kier alpha value is -2.71. The SMILES string of the molecule is O=C(O)c1cc2c(C#Cc3ccccn3)cncc2s1. The van der Waals surface area contributed by atoms with Crippen LogP contribution in [0.25, 0.3) is 10.1 Å². The first kappa shape index (κ1) is 12.3. The molecule has 20 heavy (non-hydrogen) atoms. The summed E-state index contributed by atoms with van der Waals surface area (Å²) < 4.78 is 0.815. The number of carbonyl (C=O) groups is 1. The van der Waals surface area contributed by atoms with Crippen molar-refractivity contribution in [2.75, 3.05) is 0 Å². The molecule has 0 amide bonds. The van der Waals surface area contributed by atoms with Gasteiger partial charge in [0.05, 0.1) is 10.3 Å². The van der Waals surface area contributed by atoms with Crippen molar-refractivity contribution < 1.29 is 9.90 Å². The van der Waals surface area contributed by atoms with Gasteiger partial charge in [-0.2, -0.15) is 0 Å². The van der Waals surface area contributed by atoms with Crippen LogP contribution in [0.2, 0.25) is 0 Å². The second-order valence-corrected chi connectivity index (χ2v) is 5.06. The van der Waals surface area contributed by atoms with Crippen LogP contribution in [0, 0.1) is 11.8 Å². The molecule has 0 aliphatic rings. The summed E-state index contributed by atoms with van der Waals surface area (Å²) in [7, 11) is 0. The highest BCUT2D eigenvalue weighted by Crippen LogP contribution is 2.27. The van der Waals surface area contributed by atoms with E-state index in [9.17, 15) is 4.79 Å². The zero-order valence-corrected chi connectivity index (χ0v) is 11.0. The fraction of sp³-hybridized carbons (Fsp3) is 0. The molecule has 0 aromatic carbocycles. The molecule has 1 N–H and O–H groups in total. The van der Waals surface area contributed by atoms with Gasteiger partial charge in [0.15, 0.2) is 0 Å². The standard InChI is InChI=1S/C15H8N2O2S/c18-15(19)13-7-12-10(8-16-9-14(12)20-13)4-5-11-3-1-2-6-17-11/h1-3,6-9H,(H,18,19). The molecule has 0 radical (unpaired) electrons. The molecular formula is C15H8N2O2S. The van der Waals surface area contributed by atoms with Crippen molar-refractivity contribution in [3.8, 4) is 11.8 Å². The van der Waals surface area contributed by atoms with Gasteiger partial charge in [0.1, 0.15) is 10.6 Å². The minimum Gasteiger partial charge on any atom is -0.477 e. The second kappa shape index (κ2) is 5.11. The average molecular weight is 280 g/mol. The first-order valence-corrected chi connectivity index (χ1v) is 6.59. The zero-order chi connectivity index (χ0) is 13.9. The van der Waals surface area contributed by atoms with Crippen LogP contribution in [0.5, 0.6) is 0 Å². The van der Waals surface area contributed by atoms with E-state index in [1.165, 1.54) is 11.3 Å². The van der Waals surface area contributed by atoms with Crippen molar-refractivity contribution in [3.05, 3.63) is 59.0 Å². The molecule has 0 fully saturated rings. The summed E-state index contributed by atoms with van der Waals surface area (Å²) in [5.41, 5.74) is 1.37. The maximum atomic E-state index is 11.0. The third-order valence-electron chi connectivity index (χ3n) is 2.65. The number of aromatic nitrogens is 2. The van der Waals surface area contributed by atoms with E-state index in [1.54, 1.807) is 24.7 Å². The van der Waals surface area contributed by atoms with Crippen molar-refractivity contribution in [3.63, 3.8) is 0 Å². The van der Waals surface area contributed by atoms with Gasteiger partial charge in [-0.3, -0.25) is 4.98 Å². The fourth-order valence-corrected chi connectivity index (χ4v) is 2.63. The number of hydrogen-bond donors (Lipinski definition) is 1. The maximum absolute atomic E-state index is 11.0. The summed E-state index contributed by atoms with van der Waals surface area (Å²) >= 11 is 1.20. The number of aromatic carboxylic acids is 1. The van der Waals surface area contributed by atoms with E-state index in [1.807, 2.05) is 18.2 Å². The Morgan fingerprint density at radius 2 is 2.15 bits per heavy atom. The molecule has 0 saturated heterocycles. The summed E-state index contributed by atoms with van der Waals surface area (Å²) in [6.07, 6.45) is 4.96. The fourth-order valence-electron chi connectivity index (χ4n) is 1.73. The van der Waals surface area contributed by atoms with E-state index < -0.39 is 5.97 Å². The quantitative estimate of drug-likeness (QED) is 0.696. The summed E-state index contributed by atoms with van der Waals surface area (Å²) in [5, 5.41) is 9.84. The number of carboxylic acids is 1. The lowest BCUT2D eigenvalue weighted by Crippen LogP contribution is -1.89. The van der Waals surface area contributed by atoms with Crippen LogP contribution in [0.15, 0.2) is 42.9 Å². The van der Waals surface area contributed by atoms with Crippen molar-refractivity contribution in [2.24, 2.45) is 0 Å². The maximum Gasteiger partial charge on any atom is 0.345 e. The van der Waals surface area contributed by atoms with Gasteiger partial charge in [-0.05, 0) is 24.1 Å². The average Bonchev–Trinajstić information content (AvgIpc) is 2.91. The molecule has 4 nitrogen and oxygen atoms in total. The summed E-state index contributed by atoms with van der Waals surface area (Å²) in [6.45, 7) is 0. The number of fused-ring (bicyclic) bond motifs is 1. The minimum atomic E-state index is -0.935. The van der Waals surface area contributed by atoms with Crippen LogP contribution >= 0.6 is 11.3 Å². The Balaban J connectivity index is 2.08. The van der Waals surface area contributed by atoms with Gasteiger partial charge in [-0.25, -0.2) is 9.78 Å². The van der Waals surface area contributed by atoms with Crippen molar-refractivity contribution >= 4 is 27.4 Å². The van der Waals surface area contributed by atoms with E-state index in [0.29, 0.717) is 11.3 Å². The number of rotatable bonds is 1. The molecule has 96 valence electrons. The first-order chi connectivity index (χ1) is 9.74. The largest absolute Gasteiger partial charge is 0.477 e. The number of hydrogen-bond acceptors (Lipinski definition) is 4. The molecule has 0 aliphatic carbocycles. The van der Waals surface area contributed by atoms with Crippen LogP contribution in [0.4, 0.5) is 0 Å². The van der Waals surface area contributed by atoms with Crippen molar-refractivity contribution in [1.82, 2.24) is 9.97 Å². The highest BCUT2D eigenvalue weighted by molar-refractivity contribution is 7.20. The molecule has 3 aromatic heterocycles. The highest BCUT2D eigenvalue weighted by Gasteiger charge is 2.10. The zero-order valence-electron chi connectivity index (χ0n) is 10.2. The molecule has 0 unspecified atom stereocenters. The molecule has 5 heteroatoms. The molecule has 3 heterocycles. The highest BCUT2D eigenvalue weighted by atomic mass is 32.1. The third kappa shape index (κ3) is 2.37. The van der Waals surface area contributed by atoms with E-state index in [4.69, 9.17) is 5.11 Å². The van der Waals surface area contributed by atoms with Gasteiger partial charge in [-0.1, -0.05) is 12.0 Å². The van der Waals surface area contributed by atoms with E-state index in [0.717, 1.165) is 10.1 Å². The third-order valence-corrected chi connectivity index (χ3v) is 3.70. The Morgan fingerprint density at radius 1 is 1.25 bits per heavy atom. The predicted octanol–water partition coefficient (Wildman–Crippen LogP) is 2.79.